The molecule has 9 heteroatoms. The molecule has 3 rings (SSSR count). The first-order chi connectivity index (χ1) is 14.5. The lowest BCUT2D eigenvalue weighted by Crippen LogP contribution is -2.34. The predicted molar refractivity (Wildman–Crippen MR) is 114 cm³/mol. The van der Waals surface area contributed by atoms with Crippen molar-refractivity contribution in [1.82, 2.24) is 20.5 Å². The molecule has 1 aromatic heterocycles. The zero-order valence-electron chi connectivity index (χ0n) is 16.4. The van der Waals surface area contributed by atoms with Gasteiger partial charge in [0.05, 0.1) is 36.8 Å². The van der Waals surface area contributed by atoms with Gasteiger partial charge in [0.15, 0.2) is 0 Å². The maximum Gasteiger partial charge on any atom is 0.259 e. The van der Waals surface area contributed by atoms with Gasteiger partial charge in [-0.1, -0.05) is 35.9 Å². The Morgan fingerprint density at radius 2 is 1.97 bits per heavy atom. The molecule has 8 nitrogen and oxygen atoms in total. The molecule has 3 aromatic rings. The molecule has 154 valence electrons. The highest BCUT2D eigenvalue weighted by Gasteiger charge is 2.13. The van der Waals surface area contributed by atoms with E-state index in [1.165, 1.54) is 13.3 Å². The fourth-order valence-corrected chi connectivity index (χ4v) is 2.95. The molecule has 0 aliphatic heterocycles. The van der Waals surface area contributed by atoms with Gasteiger partial charge in [0.1, 0.15) is 10.9 Å². The van der Waals surface area contributed by atoms with Crippen LogP contribution in [-0.4, -0.2) is 41.5 Å². The number of para-hydroxylation sites is 1. The average Bonchev–Trinajstić information content (AvgIpc) is 3.06. The molecule has 1 heterocycles. The number of nitrogens with one attached hydrogen (secondary N) is 2. The minimum Gasteiger partial charge on any atom is -0.497 e. The van der Waals surface area contributed by atoms with Gasteiger partial charge in [0, 0.05) is 5.56 Å². The zero-order chi connectivity index (χ0) is 21.5. The lowest BCUT2D eigenvalue weighted by atomic mass is 10.2. The van der Waals surface area contributed by atoms with Crippen molar-refractivity contribution < 1.29 is 14.3 Å². The van der Waals surface area contributed by atoms with Crippen molar-refractivity contribution in [2.75, 3.05) is 13.7 Å². The summed E-state index contributed by atoms with van der Waals surface area (Å²) in [7, 11) is 1.51. The van der Waals surface area contributed by atoms with E-state index in [0.29, 0.717) is 27.7 Å². The number of nitrogens with zero attached hydrogens (tertiary/aromatic N) is 3. The van der Waals surface area contributed by atoms with Crippen LogP contribution in [0.25, 0.3) is 5.69 Å². The number of halogens is 1. The van der Waals surface area contributed by atoms with Crippen LogP contribution < -0.4 is 15.5 Å². The maximum absolute atomic E-state index is 12.1. The summed E-state index contributed by atoms with van der Waals surface area (Å²) in [4.78, 5) is 24.1. The molecule has 2 N–H and O–H groups in total. The van der Waals surface area contributed by atoms with Crippen LogP contribution in [-0.2, 0) is 4.79 Å². The van der Waals surface area contributed by atoms with Gasteiger partial charge in [-0.25, -0.2) is 10.1 Å². The Morgan fingerprint density at radius 3 is 2.70 bits per heavy atom. The van der Waals surface area contributed by atoms with Crippen LogP contribution in [0.4, 0.5) is 0 Å². The Kier molecular flexibility index (Phi) is 6.82. The molecule has 0 bridgehead atoms. The minimum atomic E-state index is -0.480. The Labute approximate surface area is 178 Å². The highest BCUT2D eigenvalue weighted by molar-refractivity contribution is 6.32. The third kappa shape index (κ3) is 5.03. The summed E-state index contributed by atoms with van der Waals surface area (Å²) in [6.45, 7) is 1.56. The number of benzene rings is 2. The van der Waals surface area contributed by atoms with E-state index in [2.05, 4.69) is 20.9 Å². The van der Waals surface area contributed by atoms with Gasteiger partial charge in [-0.15, -0.1) is 0 Å². The molecule has 0 aliphatic rings. The van der Waals surface area contributed by atoms with Gasteiger partial charge in [0.2, 0.25) is 0 Å². The number of methoxy groups -OCH3 is 1. The van der Waals surface area contributed by atoms with Crippen molar-refractivity contribution in [2.24, 2.45) is 5.10 Å². The van der Waals surface area contributed by atoms with Crippen LogP contribution in [0.1, 0.15) is 21.6 Å². The fraction of sp³-hybridized carbons (Fsp3) is 0.143. The van der Waals surface area contributed by atoms with Crippen molar-refractivity contribution >= 4 is 29.6 Å². The summed E-state index contributed by atoms with van der Waals surface area (Å²) in [5.74, 6) is -0.317. The molecule has 0 fully saturated rings. The molecule has 2 aromatic carbocycles. The zero-order valence-corrected chi connectivity index (χ0v) is 17.2. The van der Waals surface area contributed by atoms with Crippen molar-refractivity contribution in [1.29, 1.82) is 0 Å². The van der Waals surface area contributed by atoms with Crippen LogP contribution in [0.15, 0.2) is 59.7 Å². The van der Waals surface area contributed by atoms with E-state index < -0.39 is 11.8 Å². The van der Waals surface area contributed by atoms with Gasteiger partial charge in [-0.3, -0.25) is 9.59 Å². The van der Waals surface area contributed by atoms with Crippen molar-refractivity contribution in [3.05, 3.63) is 76.6 Å². The Morgan fingerprint density at radius 1 is 1.20 bits per heavy atom. The molecule has 0 atom stereocenters. The number of carbonyl (C=O) groups is 2. The van der Waals surface area contributed by atoms with Gasteiger partial charge in [-0.2, -0.15) is 10.2 Å². The number of carbonyl (C=O) groups excluding carboxylic acids is 2. The number of aryl methyl sites for hydroxylation is 1. The largest absolute Gasteiger partial charge is 0.497 e. The number of rotatable bonds is 7. The van der Waals surface area contributed by atoms with E-state index in [1.54, 1.807) is 35.9 Å². The third-order valence-corrected chi connectivity index (χ3v) is 4.54. The van der Waals surface area contributed by atoms with Crippen LogP contribution in [0.5, 0.6) is 5.75 Å². The van der Waals surface area contributed by atoms with Crippen LogP contribution in [0, 0.1) is 6.92 Å². The second-order valence-electron chi connectivity index (χ2n) is 6.25. The number of hydrogen-bond donors (Lipinski definition) is 2. The standard InChI is InChI=1S/C21H20ClN5O3/c1-14-18(20(22)27(26-14)16-8-4-3-5-9-16)12-24-25-19(28)13-23-21(29)15-7-6-10-17(11-15)30-2/h3-12H,13H2,1-2H3,(H,23,29)(H,25,28)/b24-12-. The van der Waals surface area contributed by atoms with Gasteiger partial charge < -0.3 is 10.1 Å². The highest BCUT2D eigenvalue weighted by atomic mass is 35.5. The Balaban J connectivity index is 1.57. The molecule has 0 spiro atoms. The lowest BCUT2D eigenvalue weighted by Gasteiger charge is -2.06. The van der Waals surface area contributed by atoms with E-state index in [4.69, 9.17) is 16.3 Å². The number of amides is 2. The Hall–Kier alpha value is -3.65. The van der Waals surface area contributed by atoms with Gasteiger partial charge in [0.25, 0.3) is 11.8 Å². The summed E-state index contributed by atoms with van der Waals surface area (Å²) in [5, 5.41) is 11.2. The van der Waals surface area contributed by atoms with Crippen molar-refractivity contribution in [3.8, 4) is 11.4 Å². The summed E-state index contributed by atoms with van der Waals surface area (Å²) < 4.78 is 6.67. The van der Waals surface area contributed by atoms with E-state index >= 15 is 0 Å². The van der Waals surface area contributed by atoms with E-state index in [0.717, 1.165) is 5.69 Å². The fourth-order valence-electron chi connectivity index (χ4n) is 2.63. The van der Waals surface area contributed by atoms with E-state index in [-0.39, 0.29) is 6.54 Å². The first-order valence-corrected chi connectivity index (χ1v) is 9.42. The summed E-state index contributed by atoms with van der Waals surface area (Å²) in [6, 6.07) is 16.1. The third-order valence-electron chi connectivity index (χ3n) is 4.17. The number of ether oxygens (including phenoxy) is 1. The number of hydrazone groups is 1. The summed E-state index contributed by atoms with van der Waals surface area (Å²) in [5.41, 5.74) is 4.81. The topological polar surface area (TPSA) is 97.6 Å². The summed E-state index contributed by atoms with van der Waals surface area (Å²) >= 11 is 6.40. The second kappa shape index (κ2) is 9.71. The molecule has 2 amide bonds. The average molecular weight is 426 g/mol. The van der Waals surface area contributed by atoms with E-state index in [9.17, 15) is 9.59 Å². The smallest absolute Gasteiger partial charge is 0.259 e. The Bertz CT molecular complexity index is 1080. The number of hydrogen-bond acceptors (Lipinski definition) is 5. The molecule has 0 aliphatic carbocycles. The first-order valence-electron chi connectivity index (χ1n) is 9.04. The van der Waals surface area contributed by atoms with Crippen LogP contribution in [0.3, 0.4) is 0 Å². The molecule has 0 unspecified atom stereocenters. The normalized spacial score (nSPS) is 10.8. The van der Waals surface area contributed by atoms with Crippen LogP contribution in [0.2, 0.25) is 5.15 Å². The number of aromatic nitrogens is 2. The van der Waals surface area contributed by atoms with Crippen molar-refractivity contribution in [2.45, 2.75) is 6.92 Å². The van der Waals surface area contributed by atoms with E-state index in [1.807, 2.05) is 30.3 Å². The SMILES string of the molecule is COc1cccc(C(=O)NCC(=O)N/N=C\c2c(C)nn(-c3ccccc3)c2Cl)c1. The van der Waals surface area contributed by atoms with Crippen LogP contribution >= 0.6 is 11.6 Å². The first kappa shape index (κ1) is 21.1. The van der Waals surface area contributed by atoms with Gasteiger partial charge in [-0.05, 0) is 37.3 Å². The quantitative estimate of drug-likeness (QED) is 0.449. The second-order valence-corrected chi connectivity index (χ2v) is 6.60. The monoisotopic (exact) mass is 425 g/mol. The summed E-state index contributed by atoms with van der Waals surface area (Å²) in [6.07, 6.45) is 1.42. The van der Waals surface area contributed by atoms with Gasteiger partial charge >= 0.3 is 0 Å². The highest BCUT2D eigenvalue weighted by Crippen LogP contribution is 2.21. The molecular weight excluding hydrogens is 406 g/mol. The molecular formula is C21H20ClN5O3. The maximum atomic E-state index is 12.1. The molecule has 0 saturated heterocycles. The predicted octanol–water partition coefficient (Wildman–Crippen LogP) is 2.72. The minimum absolute atomic E-state index is 0.233. The van der Waals surface area contributed by atoms with Crippen molar-refractivity contribution in [3.63, 3.8) is 0 Å². The molecule has 30 heavy (non-hydrogen) atoms. The molecule has 0 saturated carbocycles. The lowest BCUT2D eigenvalue weighted by molar-refractivity contribution is -0.120. The molecule has 0 radical (unpaired) electrons.